The summed E-state index contributed by atoms with van der Waals surface area (Å²) in [6.07, 6.45) is 3.23. The molecule has 0 aliphatic carbocycles. The van der Waals surface area contributed by atoms with E-state index in [1.165, 1.54) is 26.5 Å². The van der Waals surface area contributed by atoms with Crippen LogP contribution in [-0.4, -0.2) is 37.1 Å². The Morgan fingerprint density at radius 2 is 2.43 bits per heavy atom. The molecule has 1 fully saturated rings. The molecule has 0 radical (unpaired) electrons. The van der Waals surface area contributed by atoms with Crippen LogP contribution in [0.2, 0.25) is 0 Å². The fourth-order valence-corrected chi connectivity index (χ4v) is 1.83. The zero-order valence-corrected chi connectivity index (χ0v) is 8.88. The lowest BCUT2D eigenvalue weighted by atomic mass is 10.1. The highest BCUT2D eigenvalue weighted by atomic mass is 16.5. The first-order valence-electron chi connectivity index (χ1n) is 5.08. The van der Waals surface area contributed by atoms with Gasteiger partial charge in [-0.25, -0.2) is 4.79 Å². The molecule has 0 N–H and O–H groups in total. The minimum absolute atomic E-state index is 0.439. The molecule has 0 aromatic heterocycles. The molecule has 0 amide bonds. The van der Waals surface area contributed by atoms with Gasteiger partial charge in [-0.1, -0.05) is 12.8 Å². The van der Waals surface area contributed by atoms with Gasteiger partial charge >= 0.3 is 5.97 Å². The molecule has 3 nitrogen and oxygen atoms in total. The first kappa shape index (κ1) is 11.1. The molecule has 78 valence electrons. The number of methoxy groups -OCH3 is 1. The van der Waals surface area contributed by atoms with Crippen LogP contribution < -0.4 is 0 Å². The minimum Gasteiger partial charge on any atom is -0.459 e. The average molecular weight is 195 g/mol. The second-order valence-corrected chi connectivity index (χ2v) is 3.42. The van der Waals surface area contributed by atoms with Gasteiger partial charge in [-0.2, -0.15) is 0 Å². The maximum Gasteiger partial charge on any atom is 0.384 e. The molecule has 1 rings (SSSR count). The first-order valence-corrected chi connectivity index (χ1v) is 5.08. The van der Waals surface area contributed by atoms with Crippen LogP contribution in [0.1, 0.15) is 26.2 Å². The van der Waals surface area contributed by atoms with Gasteiger partial charge in [0.2, 0.25) is 0 Å². The Bertz CT molecular complexity index is 252. The summed E-state index contributed by atoms with van der Waals surface area (Å²) in [5.74, 6) is 4.90. The van der Waals surface area contributed by atoms with E-state index in [-0.39, 0.29) is 0 Å². The maximum atomic E-state index is 10.7. The Morgan fingerprint density at radius 3 is 3.07 bits per heavy atom. The molecule has 0 aromatic rings. The van der Waals surface area contributed by atoms with Gasteiger partial charge in [0, 0.05) is 18.4 Å². The SMILES string of the molecule is CCN1CCCC1CC#CC(=O)OC. The molecule has 1 saturated heterocycles. The molecule has 0 aromatic carbocycles. The third-order valence-electron chi connectivity index (χ3n) is 2.62. The molecular weight excluding hydrogens is 178 g/mol. The van der Waals surface area contributed by atoms with Crippen LogP contribution in [0, 0.1) is 11.8 Å². The first-order chi connectivity index (χ1) is 6.77. The van der Waals surface area contributed by atoms with Gasteiger partial charge in [0.05, 0.1) is 7.11 Å². The van der Waals surface area contributed by atoms with Crippen LogP contribution in [0.4, 0.5) is 0 Å². The summed E-state index contributed by atoms with van der Waals surface area (Å²) >= 11 is 0. The average Bonchev–Trinajstić information content (AvgIpc) is 2.65. The standard InChI is InChI=1S/C11H17NO2/c1-3-12-9-5-7-10(12)6-4-8-11(13)14-2/h10H,3,5-7,9H2,1-2H3. The summed E-state index contributed by atoms with van der Waals surface area (Å²) in [7, 11) is 1.35. The van der Waals surface area contributed by atoms with E-state index >= 15 is 0 Å². The fraction of sp³-hybridized carbons (Fsp3) is 0.727. The molecule has 1 heterocycles. The number of hydrogen-bond donors (Lipinski definition) is 0. The van der Waals surface area contributed by atoms with Crippen LogP contribution in [0.25, 0.3) is 0 Å². The van der Waals surface area contributed by atoms with Gasteiger partial charge in [-0.3, -0.25) is 4.90 Å². The topological polar surface area (TPSA) is 29.5 Å². The Kier molecular flexibility index (Phi) is 4.48. The molecule has 3 heteroatoms. The lowest BCUT2D eigenvalue weighted by molar-refractivity contribution is -0.133. The fourth-order valence-electron chi connectivity index (χ4n) is 1.83. The highest BCUT2D eigenvalue weighted by Gasteiger charge is 2.21. The predicted molar refractivity (Wildman–Crippen MR) is 54.7 cm³/mol. The number of hydrogen-bond acceptors (Lipinski definition) is 3. The molecule has 0 bridgehead atoms. The van der Waals surface area contributed by atoms with Gasteiger partial charge in [-0.05, 0) is 25.9 Å². The van der Waals surface area contributed by atoms with Crippen molar-refractivity contribution in [3.05, 3.63) is 0 Å². The lowest BCUT2D eigenvalue weighted by Gasteiger charge is -2.20. The summed E-state index contributed by atoms with van der Waals surface area (Å²) in [5, 5.41) is 0. The van der Waals surface area contributed by atoms with Crippen LogP contribution in [0.3, 0.4) is 0 Å². The van der Waals surface area contributed by atoms with Gasteiger partial charge in [0.1, 0.15) is 0 Å². The van der Waals surface area contributed by atoms with Crippen molar-refractivity contribution in [2.75, 3.05) is 20.2 Å². The van der Waals surface area contributed by atoms with E-state index in [1.54, 1.807) is 0 Å². The van der Waals surface area contributed by atoms with E-state index in [4.69, 9.17) is 0 Å². The third-order valence-corrected chi connectivity index (χ3v) is 2.62. The van der Waals surface area contributed by atoms with Crippen molar-refractivity contribution in [2.24, 2.45) is 0 Å². The summed E-state index contributed by atoms with van der Waals surface area (Å²) in [6.45, 7) is 4.40. The number of carbonyl (C=O) groups excluding carboxylic acids is 1. The second kappa shape index (κ2) is 5.66. The third kappa shape index (κ3) is 3.04. The Morgan fingerprint density at radius 1 is 1.64 bits per heavy atom. The van der Waals surface area contributed by atoms with Gasteiger partial charge in [0.15, 0.2) is 0 Å². The van der Waals surface area contributed by atoms with Gasteiger partial charge in [0.25, 0.3) is 0 Å². The number of nitrogens with zero attached hydrogens (tertiary/aromatic N) is 1. The second-order valence-electron chi connectivity index (χ2n) is 3.42. The van der Waals surface area contributed by atoms with E-state index in [2.05, 4.69) is 28.4 Å². The molecule has 1 atom stereocenters. The van der Waals surface area contributed by atoms with E-state index in [0.29, 0.717) is 6.04 Å². The Hall–Kier alpha value is -1.01. The van der Waals surface area contributed by atoms with Crippen molar-refractivity contribution in [2.45, 2.75) is 32.2 Å². The summed E-state index contributed by atoms with van der Waals surface area (Å²) in [5.41, 5.74) is 0. The number of esters is 1. The Labute approximate surface area is 85.4 Å². The van der Waals surface area contributed by atoms with E-state index in [9.17, 15) is 4.79 Å². The normalized spacial score (nSPS) is 21.4. The highest BCUT2D eigenvalue weighted by Crippen LogP contribution is 2.18. The van der Waals surface area contributed by atoms with E-state index in [1.807, 2.05) is 0 Å². The largest absolute Gasteiger partial charge is 0.459 e. The van der Waals surface area contributed by atoms with E-state index < -0.39 is 5.97 Å². The number of likely N-dealkylation sites (tertiary alicyclic amines) is 1. The lowest BCUT2D eigenvalue weighted by Crippen LogP contribution is -2.28. The van der Waals surface area contributed by atoms with Crippen LogP contribution in [0.15, 0.2) is 0 Å². The van der Waals surface area contributed by atoms with Crippen molar-refractivity contribution in [3.8, 4) is 11.8 Å². The maximum absolute atomic E-state index is 10.7. The van der Waals surface area contributed by atoms with Gasteiger partial charge in [-0.15, -0.1) is 0 Å². The van der Waals surface area contributed by atoms with Crippen molar-refractivity contribution >= 4 is 5.97 Å². The number of rotatable bonds is 2. The van der Waals surface area contributed by atoms with E-state index in [0.717, 1.165) is 13.0 Å². The number of ether oxygens (including phenoxy) is 1. The van der Waals surface area contributed by atoms with Crippen molar-refractivity contribution < 1.29 is 9.53 Å². The molecule has 0 saturated carbocycles. The molecule has 1 aliphatic rings. The molecule has 1 aliphatic heterocycles. The summed E-state index contributed by atoms with van der Waals surface area (Å²) in [4.78, 5) is 13.1. The zero-order chi connectivity index (χ0) is 10.4. The van der Waals surface area contributed by atoms with Crippen LogP contribution >= 0.6 is 0 Å². The zero-order valence-electron chi connectivity index (χ0n) is 8.88. The number of carbonyl (C=O) groups is 1. The minimum atomic E-state index is -0.439. The molecular formula is C11H17NO2. The predicted octanol–water partition coefficient (Wildman–Crippen LogP) is 1.04. The van der Waals surface area contributed by atoms with Crippen molar-refractivity contribution in [1.82, 2.24) is 4.90 Å². The van der Waals surface area contributed by atoms with Crippen LogP contribution in [0.5, 0.6) is 0 Å². The quantitative estimate of drug-likeness (QED) is 0.374. The van der Waals surface area contributed by atoms with Crippen molar-refractivity contribution in [1.29, 1.82) is 0 Å². The summed E-state index contributed by atoms with van der Waals surface area (Å²) < 4.78 is 4.44. The Balaban J connectivity index is 2.35. The summed E-state index contributed by atoms with van der Waals surface area (Å²) in [6, 6.07) is 0.539. The molecule has 0 spiro atoms. The van der Waals surface area contributed by atoms with Gasteiger partial charge < -0.3 is 4.74 Å². The smallest absolute Gasteiger partial charge is 0.384 e. The monoisotopic (exact) mass is 195 g/mol. The molecule has 1 unspecified atom stereocenters. The van der Waals surface area contributed by atoms with Crippen LogP contribution in [-0.2, 0) is 9.53 Å². The molecule has 14 heavy (non-hydrogen) atoms. The van der Waals surface area contributed by atoms with Crippen molar-refractivity contribution in [3.63, 3.8) is 0 Å². The highest BCUT2D eigenvalue weighted by molar-refractivity contribution is 5.88.